The Morgan fingerprint density at radius 2 is 1.89 bits per heavy atom. The fourth-order valence-corrected chi connectivity index (χ4v) is 2.92. The summed E-state index contributed by atoms with van der Waals surface area (Å²) in [6, 6.07) is 10.9. The van der Waals surface area contributed by atoms with E-state index < -0.39 is 0 Å². The number of amides is 2. The van der Waals surface area contributed by atoms with Crippen molar-refractivity contribution in [2.24, 2.45) is 0 Å². The van der Waals surface area contributed by atoms with Crippen molar-refractivity contribution in [3.63, 3.8) is 0 Å². The summed E-state index contributed by atoms with van der Waals surface area (Å²) >= 11 is 0. The number of para-hydroxylation sites is 1. The fourth-order valence-electron chi connectivity index (χ4n) is 2.92. The Labute approximate surface area is 167 Å². The SMILES string of the molecule is CCCCCN(CC(=O)Nc1ccccc1C(=O)NCc1ccco1)C(C)C. The molecule has 2 rings (SSSR count). The summed E-state index contributed by atoms with van der Waals surface area (Å²) in [6.07, 6.45) is 4.95. The molecule has 1 aromatic heterocycles. The van der Waals surface area contributed by atoms with Gasteiger partial charge in [0.1, 0.15) is 5.76 Å². The molecule has 0 spiro atoms. The van der Waals surface area contributed by atoms with E-state index in [0.29, 0.717) is 30.1 Å². The minimum Gasteiger partial charge on any atom is -0.467 e. The lowest BCUT2D eigenvalue weighted by atomic mass is 10.1. The molecule has 0 radical (unpaired) electrons. The van der Waals surface area contributed by atoms with Crippen LogP contribution in [0.5, 0.6) is 0 Å². The van der Waals surface area contributed by atoms with Crippen LogP contribution in [-0.4, -0.2) is 35.8 Å². The molecule has 0 fully saturated rings. The average Bonchev–Trinajstić information content (AvgIpc) is 3.19. The van der Waals surface area contributed by atoms with Crippen LogP contribution in [0.15, 0.2) is 47.1 Å². The predicted octanol–water partition coefficient (Wildman–Crippen LogP) is 4.05. The van der Waals surface area contributed by atoms with Gasteiger partial charge in [-0.15, -0.1) is 0 Å². The van der Waals surface area contributed by atoms with Crippen LogP contribution < -0.4 is 10.6 Å². The first-order valence-electron chi connectivity index (χ1n) is 9.94. The summed E-state index contributed by atoms with van der Waals surface area (Å²) in [4.78, 5) is 27.3. The van der Waals surface area contributed by atoms with Crippen molar-refractivity contribution >= 4 is 17.5 Å². The zero-order valence-corrected chi connectivity index (χ0v) is 17.0. The van der Waals surface area contributed by atoms with Crippen molar-refractivity contribution < 1.29 is 14.0 Å². The highest BCUT2D eigenvalue weighted by molar-refractivity contribution is 6.04. The van der Waals surface area contributed by atoms with Gasteiger partial charge in [-0.05, 0) is 51.1 Å². The number of nitrogens with zero attached hydrogens (tertiary/aromatic N) is 1. The first-order valence-corrected chi connectivity index (χ1v) is 9.94. The first kappa shape index (κ1) is 21.7. The summed E-state index contributed by atoms with van der Waals surface area (Å²) in [7, 11) is 0. The summed E-state index contributed by atoms with van der Waals surface area (Å²) < 4.78 is 5.23. The maximum Gasteiger partial charge on any atom is 0.253 e. The van der Waals surface area contributed by atoms with E-state index >= 15 is 0 Å². The van der Waals surface area contributed by atoms with Gasteiger partial charge in [-0.25, -0.2) is 0 Å². The highest BCUT2D eigenvalue weighted by Gasteiger charge is 2.17. The number of nitrogens with one attached hydrogen (secondary N) is 2. The van der Waals surface area contributed by atoms with Crippen molar-refractivity contribution in [1.82, 2.24) is 10.2 Å². The van der Waals surface area contributed by atoms with E-state index in [1.807, 2.05) is 0 Å². The van der Waals surface area contributed by atoms with Gasteiger partial charge in [0.15, 0.2) is 0 Å². The lowest BCUT2D eigenvalue weighted by Gasteiger charge is -2.26. The molecule has 0 aliphatic heterocycles. The Kier molecular flexibility index (Phi) is 8.75. The Bertz CT molecular complexity index is 741. The third kappa shape index (κ3) is 6.85. The number of unbranched alkanes of at least 4 members (excludes halogenated alkanes) is 2. The molecule has 152 valence electrons. The minimum absolute atomic E-state index is 0.114. The third-order valence-corrected chi connectivity index (χ3v) is 4.57. The molecule has 1 aromatic carbocycles. The zero-order chi connectivity index (χ0) is 20.4. The molecule has 0 bridgehead atoms. The minimum atomic E-state index is -0.254. The van der Waals surface area contributed by atoms with Crippen LogP contribution in [-0.2, 0) is 11.3 Å². The van der Waals surface area contributed by atoms with Gasteiger partial charge in [0, 0.05) is 6.04 Å². The quantitative estimate of drug-likeness (QED) is 0.572. The molecule has 2 aromatic rings. The number of hydrogen-bond acceptors (Lipinski definition) is 4. The first-order chi connectivity index (χ1) is 13.5. The normalized spacial score (nSPS) is 11.0. The maximum absolute atomic E-state index is 12.6. The standard InChI is InChI=1S/C22H31N3O3/c1-4-5-8-13-25(17(2)3)16-21(26)24-20-12-7-6-11-19(20)22(27)23-15-18-10-9-14-28-18/h6-7,9-12,14,17H,4-5,8,13,15-16H2,1-3H3,(H,23,27)(H,24,26). The smallest absolute Gasteiger partial charge is 0.253 e. The van der Waals surface area contributed by atoms with Crippen LogP contribution >= 0.6 is 0 Å². The second kappa shape index (κ2) is 11.3. The lowest BCUT2D eigenvalue weighted by molar-refractivity contribution is -0.117. The highest BCUT2D eigenvalue weighted by Crippen LogP contribution is 2.16. The molecular weight excluding hydrogens is 354 g/mol. The van der Waals surface area contributed by atoms with Crippen LogP contribution in [0, 0.1) is 0 Å². The van der Waals surface area contributed by atoms with E-state index in [-0.39, 0.29) is 17.9 Å². The summed E-state index contributed by atoms with van der Waals surface area (Å²) in [5, 5.41) is 5.71. The van der Waals surface area contributed by atoms with Crippen molar-refractivity contribution in [2.45, 2.75) is 52.6 Å². The van der Waals surface area contributed by atoms with Gasteiger partial charge in [0.25, 0.3) is 5.91 Å². The molecule has 2 amide bonds. The molecule has 28 heavy (non-hydrogen) atoms. The molecule has 0 unspecified atom stereocenters. The average molecular weight is 386 g/mol. The number of furan rings is 1. The van der Waals surface area contributed by atoms with Gasteiger partial charge in [0.2, 0.25) is 5.91 Å². The molecule has 0 saturated heterocycles. The summed E-state index contributed by atoms with van der Waals surface area (Å²) in [5.74, 6) is 0.307. The van der Waals surface area contributed by atoms with Crippen molar-refractivity contribution in [3.05, 3.63) is 54.0 Å². The largest absolute Gasteiger partial charge is 0.467 e. The topological polar surface area (TPSA) is 74.6 Å². The third-order valence-electron chi connectivity index (χ3n) is 4.57. The van der Waals surface area contributed by atoms with Crippen molar-refractivity contribution in [3.8, 4) is 0 Å². The van der Waals surface area contributed by atoms with Crippen molar-refractivity contribution in [1.29, 1.82) is 0 Å². The molecular formula is C22H31N3O3. The fraction of sp³-hybridized carbons (Fsp3) is 0.455. The van der Waals surface area contributed by atoms with E-state index in [1.165, 1.54) is 0 Å². The Hall–Kier alpha value is -2.60. The van der Waals surface area contributed by atoms with Crippen LogP contribution in [0.1, 0.15) is 56.2 Å². The highest BCUT2D eigenvalue weighted by atomic mass is 16.3. The Morgan fingerprint density at radius 3 is 2.57 bits per heavy atom. The molecule has 0 saturated carbocycles. The monoisotopic (exact) mass is 385 g/mol. The van der Waals surface area contributed by atoms with E-state index in [9.17, 15) is 9.59 Å². The zero-order valence-electron chi connectivity index (χ0n) is 17.0. The summed E-state index contributed by atoms with van der Waals surface area (Å²) in [6.45, 7) is 7.85. The molecule has 6 heteroatoms. The Morgan fingerprint density at radius 1 is 1.11 bits per heavy atom. The van der Waals surface area contributed by atoms with Gasteiger partial charge < -0.3 is 15.1 Å². The molecule has 0 atom stereocenters. The van der Waals surface area contributed by atoms with Gasteiger partial charge >= 0.3 is 0 Å². The van der Waals surface area contributed by atoms with Crippen LogP contribution in [0.3, 0.4) is 0 Å². The number of anilines is 1. The maximum atomic E-state index is 12.6. The van der Waals surface area contributed by atoms with Gasteiger partial charge in [-0.2, -0.15) is 0 Å². The van der Waals surface area contributed by atoms with E-state index in [0.717, 1.165) is 25.8 Å². The number of rotatable bonds is 11. The van der Waals surface area contributed by atoms with Crippen LogP contribution in [0.4, 0.5) is 5.69 Å². The number of carbonyl (C=O) groups excluding carboxylic acids is 2. The molecule has 2 N–H and O–H groups in total. The number of benzene rings is 1. The second-order valence-electron chi connectivity index (χ2n) is 7.13. The Balaban J connectivity index is 1.96. The van der Waals surface area contributed by atoms with Crippen LogP contribution in [0.2, 0.25) is 0 Å². The number of hydrogen-bond donors (Lipinski definition) is 2. The lowest BCUT2D eigenvalue weighted by Crippen LogP contribution is -2.39. The van der Waals surface area contributed by atoms with Crippen LogP contribution in [0.25, 0.3) is 0 Å². The van der Waals surface area contributed by atoms with E-state index in [4.69, 9.17) is 4.42 Å². The number of carbonyl (C=O) groups is 2. The van der Waals surface area contributed by atoms with Gasteiger partial charge in [-0.3, -0.25) is 14.5 Å². The van der Waals surface area contributed by atoms with Crippen molar-refractivity contribution in [2.75, 3.05) is 18.4 Å². The van der Waals surface area contributed by atoms with Gasteiger partial charge in [0.05, 0.1) is 30.6 Å². The predicted molar refractivity (Wildman–Crippen MR) is 111 cm³/mol. The van der Waals surface area contributed by atoms with E-state index in [1.54, 1.807) is 42.7 Å². The molecule has 1 heterocycles. The second-order valence-corrected chi connectivity index (χ2v) is 7.13. The van der Waals surface area contributed by atoms with Gasteiger partial charge in [-0.1, -0.05) is 31.9 Å². The summed E-state index contributed by atoms with van der Waals surface area (Å²) in [5.41, 5.74) is 0.950. The van der Waals surface area contributed by atoms with E-state index in [2.05, 4.69) is 36.3 Å². The molecule has 6 nitrogen and oxygen atoms in total. The molecule has 0 aliphatic carbocycles. The molecule has 0 aliphatic rings.